The first-order valence-corrected chi connectivity index (χ1v) is 5.52. The highest BCUT2D eigenvalue weighted by atomic mass is 14.7. The maximum atomic E-state index is 3.78. The second-order valence-corrected chi connectivity index (χ2v) is 3.92. The lowest BCUT2D eigenvalue weighted by atomic mass is 9.97. The predicted octanol–water partition coefficient (Wildman–Crippen LogP) is 1.83. The molecule has 0 atom stereocenters. The van der Waals surface area contributed by atoms with Crippen molar-refractivity contribution >= 4 is 12.2 Å². The minimum atomic E-state index is 1.18. The molecule has 0 saturated heterocycles. The van der Waals surface area contributed by atoms with Crippen molar-refractivity contribution in [3.8, 4) is 0 Å². The van der Waals surface area contributed by atoms with Crippen LogP contribution in [0.25, 0.3) is 12.2 Å². The van der Waals surface area contributed by atoms with Crippen LogP contribution in [0.1, 0.15) is 24.1 Å². The molecular weight excluding hydrogens is 182 g/mol. The van der Waals surface area contributed by atoms with Gasteiger partial charge >= 0.3 is 0 Å². The summed E-state index contributed by atoms with van der Waals surface area (Å²) in [5.74, 6) is 0. The summed E-state index contributed by atoms with van der Waals surface area (Å²) in [4.78, 5) is 3.48. The summed E-state index contributed by atoms with van der Waals surface area (Å²) in [7, 11) is 0. The van der Waals surface area contributed by atoms with Crippen LogP contribution >= 0.6 is 0 Å². The number of aromatic nitrogens is 1. The van der Waals surface area contributed by atoms with E-state index in [2.05, 4.69) is 24.2 Å². The van der Waals surface area contributed by atoms with E-state index in [9.17, 15) is 0 Å². The summed E-state index contributed by atoms with van der Waals surface area (Å²) in [6, 6.07) is 0. The van der Waals surface area contributed by atoms with Crippen LogP contribution in [0.5, 0.6) is 0 Å². The molecule has 0 radical (unpaired) electrons. The Kier molecular flexibility index (Phi) is 2.91. The average Bonchev–Trinajstić information content (AvgIpc) is 2.59. The zero-order chi connectivity index (χ0) is 10.7. The molecule has 0 bridgehead atoms. The van der Waals surface area contributed by atoms with E-state index < -0.39 is 0 Å². The predicted molar refractivity (Wildman–Crippen MR) is 66.0 cm³/mol. The molecule has 1 aromatic rings. The number of allylic oxidation sites excluding steroid dienone is 2. The molecule has 1 aromatic heterocycles. The number of hydrogen-bond acceptors (Lipinski definition) is 0. The van der Waals surface area contributed by atoms with E-state index in [4.69, 9.17) is 0 Å². The minimum Gasteiger partial charge on any atom is -0.358 e. The van der Waals surface area contributed by atoms with Gasteiger partial charge in [0.15, 0.2) is 0 Å². The lowest BCUT2D eigenvalue weighted by molar-refractivity contribution is 0.675. The van der Waals surface area contributed by atoms with Crippen molar-refractivity contribution in [3.63, 3.8) is 0 Å². The summed E-state index contributed by atoms with van der Waals surface area (Å²) in [6.07, 6.45) is 12.8. The topological polar surface area (TPSA) is 15.8 Å². The molecule has 15 heavy (non-hydrogen) atoms. The highest BCUT2D eigenvalue weighted by Gasteiger charge is 2.12. The fraction of sp³-hybridized carbons (Fsp3) is 0.286. The third-order valence-corrected chi connectivity index (χ3v) is 2.94. The summed E-state index contributed by atoms with van der Waals surface area (Å²) >= 11 is 0. The summed E-state index contributed by atoms with van der Waals surface area (Å²) in [5, 5.41) is 2.48. The van der Waals surface area contributed by atoms with Crippen molar-refractivity contribution in [2.75, 3.05) is 0 Å². The molecule has 1 heteroatoms. The Labute approximate surface area is 90.5 Å². The fourth-order valence-electron chi connectivity index (χ4n) is 2.29. The van der Waals surface area contributed by atoms with Crippen molar-refractivity contribution in [1.29, 1.82) is 0 Å². The molecule has 0 saturated carbocycles. The van der Waals surface area contributed by atoms with Crippen LogP contribution < -0.4 is 10.6 Å². The Hall–Kier alpha value is -1.50. The zero-order valence-corrected chi connectivity index (χ0v) is 9.05. The highest BCUT2D eigenvalue weighted by Crippen LogP contribution is 2.14. The summed E-state index contributed by atoms with van der Waals surface area (Å²) in [5.41, 5.74) is 2.89. The number of fused-ring (bicyclic) bond motifs is 1. The van der Waals surface area contributed by atoms with Gasteiger partial charge in [-0.05, 0) is 37.3 Å². The zero-order valence-electron chi connectivity index (χ0n) is 9.05. The lowest BCUT2D eigenvalue weighted by Crippen LogP contribution is -2.24. The second kappa shape index (κ2) is 4.35. The van der Waals surface area contributed by atoms with E-state index in [1.54, 1.807) is 0 Å². The van der Waals surface area contributed by atoms with Gasteiger partial charge in [0.05, 0.1) is 0 Å². The third-order valence-electron chi connectivity index (χ3n) is 2.94. The van der Waals surface area contributed by atoms with Gasteiger partial charge in [0, 0.05) is 16.3 Å². The number of aromatic amines is 1. The molecule has 1 N–H and O–H groups in total. The van der Waals surface area contributed by atoms with Crippen molar-refractivity contribution in [3.05, 3.63) is 47.1 Å². The van der Waals surface area contributed by atoms with Gasteiger partial charge in [0.1, 0.15) is 0 Å². The normalized spacial score (nSPS) is 17.6. The smallest absolute Gasteiger partial charge is 0.0458 e. The molecule has 1 heterocycles. The molecule has 2 rings (SSSR count). The van der Waals surface area contributed by atoms with E-state index in [0.29, 0.717) is 0 Å². The third kappa shape index (κ3) is 1.82. The number of rotatable bonds is 2. The Morgan fingerprint density at radius 2 is 1.73 bits per heavy atom. The Bertz CT molecular complexity index is 488. The molecule has 0 spiro atoms. The number of aryl methyl sites for hydroxylation is 1. The molecular formula is C14H17N. The molecule has 0 fully saturated rings. The molecule has 1 aliphatic rings. The van der Waals surface area contributed by atoms with Gasteiger partial charge in [0.2, 0.25) is 0 Å². The quantitative estimate of drug-likeness (QED) is 0.748. The maximum Gasteiger partial charge on any atom is 0.0458 e. The number of hydrogen-bond donors (Lipinski definition) is 1. The van der Waals surface area contributed by atoms with Crippen molar-refractivity contribution in [1.82, 2.24) is 4.98 Å². The molecule has 0 aromatic carbocycles. The van der Waals surface area contributed by atoms with Crippen LogP contribution in [0, 0.1) is 0 Å². The first-order chi connectivity index (χ1) is 7.36. The standard InChI is InChI=1S/C14H17N/c1-3-7-11-12-9-5-6-10-14(12)15-13(11)8-4-2/h3-4,7-8,15H,1-2,5-6,9-10H2/b11-7-,13-8+. The van der Waals surface area contributed by atoms with Crippen LogP contribution in [-0.4, -0.2) is 4.98 Å². The number of H-pyrrole nitrogens is 1. The van der Waals surface area contributed by atoms with E-state index >= 15 is 0 Å². The molecule has 1 aliphatic carbocycles. The summed E-state index contributed by atoms with van der Waals surface area (Å²) in [6.45, 7) is 7.52. The van der Waals surface area contributed by atoms with Crippen LogP contribution in [0.15, 0.2) is 25.3 Å². The Morgan fingerprint density at radius 1 is 1.00 bits per heavy atom. The maximum absolute atomic E-state index is 3.78. The van der Waals surface area contributed by atoms with Gasteiger partial charge < -0.3 is 4.98 Å². The molecule has 0 amide bonds. The van der Waals surface area contributed by atoms with Crippen LogP contribution in [-0.2, 0) is 12.8 Å². The Balaban J connectivity index is 2.72. The van der Waals surface area contributed by atoms with Gasteiger partial charge in [-0.3, -0.25) is 0 Å². The van der Waals surface area contributed by atoms with Crippen LogP contribution in [0.3, 0.4) is 0 Å². The largest absolute Gasteiger partial charge is 0.358 e. The van der Waals surface area contributed by atoms with Crippen LogP contribution in [0.4, 0.5) is 0 Å². The van der Waals surface area contributed by atoms with Gasteiger partial charge in [-0.25, -0.2) is 0 Å². The number of nitrogens with one attached hydrogen (secondary N) is 1. The first-order valence-electron chi connectivity index (χ1n) is 5.52. The fourth-order valence-corrected chi connectivity index (χ4v) is 2.29. The molecule has 0 aliphatic heterocycles. The van der Waals surface area contributed by atoms with E-state index in [0.717, 1.165) is 0 Å². The highest BCUT2D eigenvalue weighted by molar-refractivity contribution is 5.45. The average molecular weight is 199 g/mol. The van der Waals surface area contributed by atoms with Gasteiger partial charge in [-0.2, -0.15) is 0 Å². The van der Waals surface area contributed by atoms with Crippen molar-refractivity contribution < 1.29 is 0 Å². The lowest BCUT2D eigenvalue weighted by Gasteiger charge is -2.09. The van der Waals surface area contributed by atoms with E-state index in [1.165, 1.54) is 47.5 Å². The Morgan fingerprint density at radius 3 is 2.47 bits per heavy atom. The molecule has 0 unspecified atom stereocenters. The van der Waals surface area contributed by atoms with Crippen molar-refractivity contribution in [2.45, 2.75) is 25.7 Å². The van der Waals surface area contributed by atoms with E-state index in [-0.39, 0.29) is 0 Å². The van der Waals surface area contributed by atoms with Crippen LogP contribution in [0.2, 0.25) is 0 Å². The van der Waals surface area contributed by atoms with Crippen molar-refractivity contribution in [2.24, 2.45) is 0 Å². The first kappa shape index (κ1) is 10.0. The SMILES string of the molecule is C=C/C=c1/c2c([nH]/c1=C/C=C)CCCC2. The minimum absolute atomic E-state index is 1.18. The van der Waals surface area contributed by atoms with Gasteiger partial charge in [-0.1, -0.05) is 31.4 Å². The second-order valence-electron chi connectivity index (χ2n) is 3.92. The van der Waals surface area contributed by atoms with Gasteiger partial charge in [0.25, 0.3) is 0 Å². The molecule has 78 valence electrons. The molecule has 1 nitrogen and oxygen atoms in total. The summed E-state index contributed by atoms with van der Waals surface area (Å²) < 4.78 is 0. The van der Waals surface area contributed by atoms with Gasteiger partial charge in [-0.15, -0.1) is 0 Å². The van der Waals surface area contributed by atoms with E-state index in [1.807, 2.05) is 18.2 Å². The monoisotopic (exact) mass is 199 g/mol.